The molecule has 11 aliphatic rings. The molecule has 19 N–H and O–H groups in total. The Hall–Kier alpha value is -1.99. The van der Waals surface area contributed by atoms with Crippen molar-refractivity contribution in [2.24, 2.45) is 50.2 Å². The molecule has 5 aliphatic carbocycles. The summed E-state index contributed by atoms with van der Waals surface area (Å²) in [6, 6.07) is 0. The summed E-state index contributed by atoms with van der Waals surface area (Å²) in [6.45, 7) is 10.9. The zero-order valence-corrected chi connectivity index (χ0v) is 55.7. The molecule has 10 fully saturated rings. The van der Waals surface area contributed by atoms with E-state index >= 15 is 4.79 Å². The molecular weight excluding hydrogens is 1290 g/mol. The predicted molar refractivity (Wildman–Crippen MR) is 322 cm³/mol. The number of fused-ring (bicyclic) bond motifs is 7. The molecule has 0 aromatic heterocycles. The number of aliphatic hydroxyl groups is 19. The van der Waals surface area contributed by atoms with Crippen LogP contribution in [0.1, 0.15) is 113 Å². The molecule has 0 radical (unpaired) electrons. The minimum atomic E-state index is -2.06. The molecule has 0 spiro atoms. The molecule has 32 heteroatoms. The fourth-order valence-electron chi connectivity index (χ4n) is 19.0. The Balaban J connectivity index is 0.772. The van der Waals surface area contributed by atoms with Gasteiger partial charge in [-0.3, -0.25) is 4.79 Å². The summed E-state index contributed by atoms with van der Waals surface area (Å²) in [7, 11) is 0. The van der Waals surface area contributed by atoms with Crippen molar-refractivity contribution in [1.82, 2.24) is 0 Å². The topological polar surface area (TPSA) is 512 Å². The van der Waals surface area contributed by atoms with Crippen LogP contribution in [0.3, 0.4) is 0 Å². The number of rotatable bonds is 17. The number of hydrogen-bond acceptors (Lipinski definition) is 32. The van der Waals surface area contributed by atoms with E-state index < -0.39 is 245 Å². The fourth-order valence-corrected chi connectivity index (χ4v) is 19.0. The van der Waals surface area contributed by atoms with Crippen LogP contribution in [-0.4, -0.2) is 327 Å². The first-order valence-electron chi connectivity index (χ1n) is 34.3. The Morgan fingerprint density at radius 1 is 0.495 bits per heavy atom. The van der Waals surface area contributed by atoms with Gasteiger partial charge in [0.2, 0.25) is 6.29 Å². The lowest BCUT2D eigenvalue weighted by molar-refractivity contribution is -0.390. The minimum absolute atomic E-state index is 0.0526. The smallest absolute Gasteiger partial charge is 0.315 e. The lowest BCUT2D eigenvalue weighted by atomic mass is 9.33. The molecule has 97 heavy (non-hydrogen) atoms. The summed E-state index contributed by atoms with van der Waals surface area (Å²) in [4.78, 5) is 15.2. The van der Waals surface area contributed by atoms with Crippen LogP contribution >= 0.6 is 0 Å². The van der Waals surface area contributed by atoms with Crippen molar-refractivity contribution in [2.75, 3.05) is 39.6 Å². The molecule has 4 saturated carbocycles. The molecule has 0 aromatic carbocycles. The second-order valence-electron chi connectivity index (χ2n) is 31.3. The molecule has 6 aliphatic heterocycles. The van der Waals surface area contributed by atoms with Gasteiger partial charge in [0.05, 0.1) is 57.3 Å². The largest absolute Gasteiger partial charge is 0.432 e. The highest BCUT2D eigenvalue weighted by molar-refractivity contribution is 5.79. The van der Waals surface area contributed by atoms with Gasteiger partial charge in [-0.05, 0) is 111 Å². The lowest BCUT2D eigenvalue weighted by Gasteiger charge is -2.71. The Kier molecular flexibility index (Phi) is 22.6. The first-order chi connectivity index (χ1) is 45.6. The third-order valence-corrected chi connectivity index (χ3v) is 25.3. The van der Waals surface area contributed by atoms with Crippen molar-refractivity contribution >= 4 is 5.97 Å². The Morgan fingerprint density at radius 2 is 1.03 bits per heavy atom. The van der Waals surface area contributed by atoms with E-state index in [9.17, 15) is 97.0 Å². The highest BCUT2D eigenvalue weighted by atomic mass is 16.8. The van der Waals surface area contributed by atoms with Gasteiger partial charge in [-0.15, -0.1) is 0 Å². The van der Waals surface area contributed by atoms with Gasteiger partial charge < -0.3 is 154 Å². The Bertz CT molecular complexity index is 2710. The summed E-state index contributed by atoms with van der Waals surface area (Å²) < 4.78 is 71.2. The number of hydrogen-bond donors (Lipinski definition) is 19. The van der Waals surface area contributed by atoms with E-state index in [1.807, 2.05) is 6.92 Å². The van der Waals surface area contributed by atoms with Crippen LogP contribution in [0, 0.1) is 50.2 Å². The summed E-state index contributed by atoms with van der Waals surface area (Å²) in [5.74, 6) is -1.05. The van der Waals surface area contributed by atoms with Gasteiger partial charge in [0, 0.05) is 5.41 Å². The van der Waals surface area contributed by atoms with Crippen LogP contribution in [0.25, 0.3) is 0 Å². The lowest BCUT2D eigenvalue weighted by Crippen LogP contribution is -2.67. The average molecular weight is 1400 g/mol. The molecule has 6 heterocycles. The molecule has 558 valence electrons. The molecule has 6 saturated heterocycles. The van der Waals surface area contributed by atoms with Crippen molar-refractivity contribution in [2.45, 2.75) is 297 Å². The number of allylic oxidation sites excluding steroid dienone is 2. The van der Waals surface area contributed by atoms with Crippen LogP contribution in [-0.2, 0) is 61.6 Å². The molecule has 0 bridgehead atoms. The zero-order chi connectivity index (χ0) is 70.7. The maximum atomic E-state index is 15.2. The van der Waals surface area contributed by atoms with Gasteiger partial charge in [-0.1, -0.05) is 53.2 Å². The van der Waals surface area contributed by atoms with E-state index in [0.29, 0.717) is 57.8 Å². The third kappa shape index (κ3) is 13.2. The number of aliphatic hydroxyl groups excluding tert-OH is 19. The van der Waals surface area contributed by atoms with Crippen LogP contribution < -0.4 is 0 Å². The number of carbonyl (C=O) groups excluding carboxylic acids is 1. The summed E-state index contributed by atoms with van der Waals surface area (Å²) in [5.41, 5.74) is -2.30. The second kappa shape index (κ2) is 28.8. The highest BCUT2D eigenvalue weighted by Crippen LogP contribution is 2.76. The predicted octanol–water partition coefficient (Wildman–Crippen LogP) is -5.75. The maximum Gasteiger partial charge on any atom is 0.315 e. The summed E-state index contributed by atoms with van der Waals surface area (Å²) >= 11 is 0. The molecule has 38 atom stereocenters. The van der Waals surface area contributed by atoms with Crippen LogP contribution in [0.15, 0.2) is 11.6 Å². The fraction of sp³-hybridized carbons (Fsp3) is 0.954. The normalized spacial score (nSPS) is 54.7. The molecular formula is C65H106O32. The Morgan fingerprint density at radius 3 is 1.66 bits per heavy atom. The van der Waals surface area contributed by atoms with Crippen molar-refractivity contribution in [3.63, 3.8) is 0 Å². The first kappa shape index (κ1) is 76.1. The van der Waals surface area contributed by atoms with Crippen molar-refractivity contribution in [1.29, 1.82) is 0 Å². The molecule has 0 amide bonds. The van der Waals surface area contributed by atoms with E-state index in [0.717, 1.165) is 12.0 Å². The van der Waals surface area contributed by atoms with Crippen molar-refractivity contribution < 1.29 is 159 Å². The molecule has 32 nitrogen and oxygen atoms in total. The van der Waals surface area contributed by atoms with Gasteiger partial charge in [-0.25, -0.2) is 0 Å². The number of carbonyl (C=O) groups is 1. The molecule has 11 rings (SSSR count). The van der Waals surface area contributed by atoms with Crippen LogP contribution in [0.5, 0.6) is 0 Å². The zero-order valence-electron chi connectivity index (χ0n) is 55.7. The van der Waals surface area contributed by atoms with Crippen LogP contribution in [0.4, 0.5) is 0 Å². The maximum absolute atomic E-state index is 15.2. The van der Waals surface area contributed by atoms with E-state index in [1.54, 1.807) is 0 Å². The molecule has 38 unspecified atom stereocenters. The number of ether oxygens (including phenoxy) is 12. The van der Waals surface area contributed by atoms with E-state index in [2.05, 4.69) is 40.7 Å². The van der Waals surface area contributed by atoms with E-state index in [4.69, 9.17) is 56.8 Å². The van der Waals surface area contributed by atoms with E-state index in [1.165, 1.54) is 6.92 Å². The Labute approximate surface area is 561 Å². The van der Waals surface area contributed by atoms with Gasteiger partial charge >= 0.3 is 5.97 Å². The highest BCUT2D eigenvalue weighted by Gasteiger charge is 2.71. The van der Waals surface area contributed by atoms with Gasteiger partial charge in [0.15, 0.2) is 31.5 Å². The van der Waals surface area contributed by atoms with Gasteiger partial charge in [0.25, 0.3) is 0 Å². The standard InChI is InChI=1S/C65H106O32/c1-25-36(71)51(95-55-48(83)44(79)50(31(21-68)91-55)94-54-46(81)42(77)39(74)30(20-67)90-54)49(84)57(88-25)96-52-37(72)28(70)22-86-58(52)93-35-11-12-61(4)33(62(35,5)24-69)10-13-64(7)34(61)9-8-26-27-18-60(2,3)14-16-65(27,17-15-63(26,64)6)59(85)97-56-47(82)43(78)40(75)32(92-56)23-87-53-45(80)41(76)38(73)29(19-66)89-53/h8,25,27-58,66-84H,9-24H2,1-7H3. The van der Waals surface area contributed by atoms with Gasteiger partial charge in [-0.2, -0.15) is 0 Å². The first-order valence-corrected chi connectivity index (χ1v) is 34.3. The van der Waals surface area contributed by atoms with Crippen molar-refractivity contribution in [3.05, 3.63) is 11.6 Å². The monoisotopic (exact) mass is 1400 g/mol. The summed E-state index contributed by atoms with van der Waals surface area (Å²) in [5, 5.41) is 206. The second-order valence-corrected chi connectivity index (χ2v) is 31.3. The van der Waals surface area contributed by atoms with E-state index in [-0.39, 0.29) is 35.2 Å². The number of esters is 1. The summed E-state index contributed by atoms with van der Waals surface area (Å²) in [6.07, 6.45) is -42.2. The minimum Gasteiger partial charge on any atom is -0.432 e. The quantitative estimate of drug-likeness (QED) is 0.0366. The average Bonchev–Trinajstić information content (AvgIpc) is 0.675. The van der Waals surface area contributed by atoms with Crippen LogP contribution in [0.2, 0.25) is 0 Å². The van der Waals surface area contributed by atoms with Gasteiger partial charge in [0.1, 0.15) is 134 Å². The van der Waals surface area contributed by atoms with Crippen molar-refractivity contribution in [3.8, 4) is 0 Å². The molecule has 0 aromatic rings. The SMILES string of the molecule is CC1OC(OC2C(OC3CCC4(C)C(CCC5(C)C4CC=C4C6CC(C)(C)CCC6(C(=O)OC6OC(COC7OC(CO)C(O)C(O)C7O)C(O)C(O)C6O)CCC45C)C3(C)CO)OCC(O)C2O)C(O)C(OC2OC(CO)C(OC3OC(CO)C(O)C(O)C3O)C(O)C2O)C1O. The third-order valence-electron chi connectivity index (χ3n) is 25.3.